The molecule has 0 amide bonds. The Morgan fingerprint density at radius 1 is 1.29 bits per heavy atom. The minimum absolute atomic E-state index is 0.291. The topological polar surface area (TPSA) is 41.6 Å². The van der Waals surface area contributed by atoms with Gasteiger partial charge in [0, 0.05) is 12.2 Å². The summed E-state index contributed by atoms with van der Waals surface area (Å²) in [5.41, 5.74) is 0.353. The summed E-state index contributed by atoms with van der Waals surface area (Å²) in [6.45, 7) is 10.0. The number of esters is 1. The van der Waals surface area contributed by atoms with E-state index >= 15 is 0 Å². The highest BCUT2D eigenvalue weighted by molar-refractivity contribution is 7.81. The predicted octanol–water partition coefficient (Wildman–Crippen LogP) is 3.29. The molecule has 1 N–H and O–H groups in total. The molecule has 4 nitrogen and oxygen atoms in total. The van der Waals surface area contributed by atoms with Gasteiger partial charge < -0.3 is 14.4 Å². The van der Waals surface area contributed by atoms with Crippen LogP contribution in [0.4, 0.5) is 5.69 Å². The van der Waals surface area contributed by atoms with Crippen molar-refractivity contribution in [1.29, 1.82) is 0 Å². The molecule has 0 spiro atoms. The summed E-state index contributed by atoms with van der Waals surface area (Å²) in [6.07, 6.45) is 0. The molecule has 1 aromatic rings. The normalized spacial score (nSPS) is 12.0. The lowest BCUT2D eigenvalue weighted by molar-refractivity contribution is -0.156. The number of ether oxygens (including phenoxy) is 1. The van der Waals surface area contributed by atoms with Crippen LogP contribution in [0.1, 0.15) is 34.6 Å². The fourth-order valence-corrected chi connectivity index (χ4v) is 1.90. The van der Waals surface area contributed by atoms with E-state index in [1.807, 2.05) is 65.0 Å². The number of carbonyl (C=O) groups excluding carboxylic acids is 1. The quantitative estimate of drug-likeness (QED) is 0.647. The van der Waals surface area contributed by atoms with Crippen LogP contribution in [0.5, 0.6) is 0 Å². The molecule has 0 saturated carbocycles. The highest BCUT2D eigenvalue weighted by Crippen LogP contribution is 2.20. The molecule has 1 unspecified atom stereocenters. The first kappa shape index (κ1) is 19.8. The van der Waals surface area contributed by atoms with E-state index in [1.54, 1.807) is 11.4 Å². The maximum absolute atomic E-state index is 12.2. The third-order valence-electron chi connectivity index (χ3n) is 2.39. The second kappa shape index (κ2) is 9.68. The molecule has 0 bridgehead atoms. The number of anilines is 1. The number of carbonyl (C=O) groups is 1. The van der Waals surface area contributed by atoms with Crippen LogP contribution in [0.2, 0.25) is 0 Å². The van der Waals surface area contributed by atoms with E-state index in [4.69, 9.17) is 4.74 Å². The number of likely N-dealkylation sites (N-methyl/N-ethyl adjacent to an activating group) is 1. The fourth-order valence-electron chi connectivity index (χ4n) is 1.59. The van der Waals surface area contributed by atoms with Crippen molar-refractivity contribution in [3.63, 3.8) is 0 Å². The van der Waals surface area contributed by atoms with E-state index in [-0.39, 0.29) is 5.97 Å². The van der Waals surface area contributed by atoms with Crippen LogP contribution < -0.4 is 9.62 Å². The highest BCUT2D eigenvalue weighted by Gasteiger charge is 2.28. The lowest BCUT2D eigenvalue weighted by atomic mass is 10.2. The number of rotatable bonds is 5. The Kier molecular flexibility index (Phi) is 9.13. The number of nitrogens with one attached hydrogen (secondary N) is 1. The van der Waals surface area contributed by atoms with Crippen LogP contribution in [0, 0.1) is 0 Å². The van der Waals surface area contributed by atoms with E-state index in [1.165, 1.54) is 0 Å². The Bertz CT molecular complexity index is 404. The Labute approximate surface area is 134 Å². The van der Waals surface area contributed by atoms with Crippen molar-refractivity contribution in [3.8, 4) is 0 Å². The van der Waals surface area contributed by atoms with Gasteiger partial charge in [-0.3, -0.25) is 0 Å². The number of hydrogen-bond acceptors (Lipinski definition) is 5. The minimum Gasteiger partial charge on any atom is -0.458 e. The summed E-state index contributed by atoms with van der Waals surface area (Å²) in [5.74, 6) is -0.291. The standard InChI is InChI=1S/C14H22N2O2S.C2H6/c1-14(2,3)18-13(17)12(10-15-4)16(19)11-8-6-5-7-9-11;1-2/h5-9,12,15,19H,10H2,1-4H3;1-2H3. The maximum atomic E-state index is 12.2. The number of hydrogen-bond donors (Lipinski definition) is 2. The first-order valence-electron chi connectivity index (χ1n) is 7.26. The van der Waals surface area contributed by atoms with Gasteiger partial charge in [0.15, 0.2) is 0 Å². The second-order valence-electron chi connectivity index (χ2n) is 5.29. The fraction of sp³-hybridized carbons (Fsp3) is 0.562. The van der Waals surface area contributed by atoms with Crippen molar-refractivity contribution in [2.75, 3.05) is 17.9 Å². The van der Waals surface area contributed by atoms with Crippen molar-refractivity contribution >= 4 is 24.5 Å². The van der Waals surface area contributed by atoms with Crippen LogP contribution in [0.3, 0.4) is 0 Å². The van der Waals surface area contributed by atoms with Gasteiger partial charge in [-0.2, -0.15) is 0 Å². The van der Waals surface area contributed by atoms with E-state index < -0.39 is 11.6 Å². The molecule has 1 aromatic carbocycles. The lowest BCUT2D eigenvalue weighted by Crippen LogP contribution is -2.45. The maximum Gasteiger partial charge on any atom is 0.331 e. The Balaban J connectivity index is 0.00000191. The molecule has 0 radical (unpaired) electrons. The summed E-state index contributed by atoms with van der Waals surface area (Å²) in [6, 6.07) is 9.06. The van der Waals surface area contributed by atoms with E-state index in [2.05, 4.69) is 18.1 Å². The monoisotopic (exact) mass is 312 g/mol. The van der Waals surface area contributed by atoms with E-state index in [0.29, 0.717) is 6.54 Å². The zero-order valence-corrected chi connectivity index (χ0v) is 14.8. The zero-order chi connectivity index (χ0) is 16.5. The number of nitrogens with zero attached hydrogens (tertiary/aromatic N) is 1. The van der Waals surface area contributed by atoms with Crippen LogP contribution >= 0.6 is 12.8 Å². The van der Waals surface area contributed by atoms with Gasteiger partial charge in [-0.15, -0.1) is 0 Å². The van der Waals surface area contributed by atoms with Gasteiger partial charge in [0.25, 0.3) is 0 Å². The number of thiol groups is 1. The number of benzene rings is 1. The van der Waals surface area contributed by atoms with Gasteiger partial charge in [-0.1, -0.05) is 44.9 Å². The molecule has 0 aliphatic heterocycles. The average Bonchev–Trinajstić information content (AvgIpc) is 2.45. The van der Waals surface area contributed by atoms with Gasteiger partial charge >= 0.3 is 5.97 Å². The van der Waals surface area contributed by atoms with Crippen molar-refractivity contribution in [2.24, 2.45) is 0 Å². The molecular weight excluding hydrogens is 284 g/mol. The van der Waals surface area contributed by atoms with Crippen LogP contribution in [0.15, 0.2) is 30.3 Å². The SMILES string of the molecule is CC.CNCC(C(=O)OC(C)(C)C)N(S)c1ccccc1. The van der Waals surface area contributed by atoms with Crippen molar-refractivity contribution < 1.29 is 9.53 Å². The van der Waals surface area contributed by atoms with Gasteiger partial charge in [0.05, 0.1) is 0 Å². The van der Waals surface area contributed by atoms with E-state index in [0.717, 1.165) is 5.69 Å². The highest BCUT2D eigenvalue weighted by atomic mass is 32.1. The molecular formula is C16H28N2O2S. The first-order chi connectivity index (χ1) is 9.85. The average molecular weight is 312 g/mol. The Morgan fingerprint density at radius 2 is 1.81 bits per heavy atom. The zero-order valence-electron chi connectivity index (χ0n) is 13.9. The summed E-state index contributed by atoms with van der Waals surface area (Å²) in [4.78, 5) is 12.2. The second-order valence-corrected chi connectivity index (χ2v) is 5.72. The van der Waals surface area contributed by atoms with Crippen LogP contribution in [-0.4, -0.2) is 31.2 Å². The molecule has 0 saturated heterocycles. The summed E-state index contributed by atoms with van der Waals surface area (Å²) >= 11 is 4.43. The van der Waals surface area contributed by atoms with E-state index in [9.17, 15) is 4.79 Å². The van der Waals surface area contributed by atoms with Crippen molar-refractivity contribution in [1.82, 2.24) is 5.32 Å². The summed E-state index contributed by atoms with van der Waals surface area (Å²) in [7, 11) is 1.80. The lowest BCUT2D eigenvalue weighted by Gasteiger charge is -2.30. The molecule has 0 heterocycles. The van der Waals surface area contributed by atoms with Crippen molar-refractivity contribution in [3.05, 3.63) is 30.3 Å². The minimum atomic E-state index is -0.506. The number of para-hydroxylation sites is 1. The summed E-state index contributed by atoms with van der Waals surface area (Å²) < 4.78 is 7.06. The predicted molar refractivity (Wildman–Crippen MR) is 92.8 cm³/mol. The molecule has 21 heavy (non-hydrogen) atoms. The van der Waals surface area contributed by atoms with Gasteiger partial charge in [-0.05, 0) is 40.0 Å². The molecule has 0 aliphatic carbocycles. The molecule has 0 aromatic heterocycles. The third-order valence-corrected chi connectivity index (χ3v) is 2.90. The molecule has 1 rings (SSSR count). The van der Waals surface area contributed by atoms with Gasteiger partial charge in [-0.25, -0.2) is 4.79 Å². The van der Waals surface area contributed by atoms with Crippen LogP contribution in [0.25, 0.3) is 0 Å². The third kappa shape index (κ3) is 7.39. The smallest absolute Gasteiger partial charge is 0.331 e. The first-order valence-corrected chi connectivity index (χ1v) is 7.66. The summed E-state index contributed by atoms with van der Waals surface area (Å²) in [5, 5.41) is 2.99. The molecule has 5 heteroatoms. The van der Waals surface area contributed by atoms with Gasteiger partial charge in [0.2, 0.25) is 0 Å². The Morgan fingerprint density at radius 3 is 2.24 bits per heavy atom. The van der Waals surface area contributed by atoms with Gasteiger partial charge in [0.1, 0.15) is 11.6 Å². The van der Waals surface area contributed by atoms with Crippen LogP contribution in [-0.2, 0) is 9.53 Å². The largest absolute Gasteiger partial charge is 0.458 e. The molecule has 0 aliphatic rings. The Hall–Kier alpha value is -1.20. The molecule has 0 fully saturated rings. The molecule has 120 valence electrons. The van der Waals surface area contributed by atoms with Crippen molar-refractivity contribution in [2.45, 2.75) is 46.3 Å². The molecule has 1 atom stereocenters.